The van der Waals surface area contributed by atoms with Gasteiger partial charge in [-0.2, -0.15) is 10.3 Å². The summed E-state index contributed by atoms with van der Waals surface area (Å²) in [5, 5.41) is 13.7. The molecule has 1 aliphatic rings. The predicted octanol–water partition coefficient (Wildman–Crippen LogP) is 2.89. The van der Waals surface area contributed by atoms with E-state index in [2.05, 4.69) is 50.0 Å². The van der Waals surface area contributed by atoms with E-state index in [1.165, 1.54) is 18.4 Å². The summed E-state index contributed by atoms with van der Waals surface area (Å²) in [6.45, 7) is 0.683. The van der Waals surface area contributed by atoms with Crippen molar-refractivity contribution in [1.29, 1.82) is 0 Å². The molecule has 4 rings (SSSR count). The Bertz CT molecular complexity index is 868. The van der Waals surface area contributed by atoms with Gasteiger partial charge in [0.1, 0.15) is 5.52 Å². The third-order valence-electron chi connectivity index (χ3n) is 5.18. The van der Waals surface area contributed by atoms with E-state index in [-0.39, 0.29) is 11.3 Å². The van der Waals surface area contributed by atoms with Crippen molar-refractivity contribution in [2.45, 2.75) is 32.1 Å². The lowest BCUT2D eigenvalue weighted by molar-refractivity contribution is 0.0931. The molecule has 0 atom stereocenters. The Morgan fingerprint density at radius 2 is 1.92 bits per heavy atom. The van der Waals surface area contributed by atoms with E-state index in [4.69, 9.17) is 0 Å². The van der Waals surface area contributed by atoms with E-state index in [9.17, 15) is 4.79 Å². The Labute approximate surface area is 146 Å². The first-order valence-corrected chi connectivity index (χ1v) is 8.73. The van der Waals surface area contributed by atoms with Gasteiger partial charge < -0.3 is 5.32 Å². The molecule has 3 aromatic rings. The highest BCUT2D eigenvalue weighted by molar-refractivity contribution is 6.03. The first-order valence-electron chi connectivity index (χ1n) is 8.73. The second-order valence-corrected chi connectivity index (χ2v) is 6.91. The van der Waals surface area contributed by atoms with Crippen LogP contribution in [0.15, 0.2) is 42.6 Å². The number of hydrogen-bond acceptors (Lipinski definition) is 4. The Morgan fingerprint density at radius 1 is 1.12 bits per heavy atom. The number of nitrogens with one attached hydrogen (secondary N) is 2. The van der Waals surface area contributed by atoms with Gasteiger partial charge in [0.15, 0.2) is 0 Å². The van der Waals surface area contributed by atoms with Gasteiger partial charge in [0.2, 0.25) is 5.65 Å². The zero-order chi connectivity index (χ0) is 17.1. The molecule has 0 saturated heterocycles. The SMILES string of the molecule is O=C(NCC1(Cc2ccccc2)CCCC1)c1ccnc2n[nH]nc12. The Kier molecular flexibility index (Phi) is 4.17. The summed E-state index contributed by atoms with van der Waals surface area (Å²) in [6, 6.07) is 12.2. The summed E-state index contributed by atoms with van der Waals surface area (Å²) in [5.41, 5.74) is 2.98. The van der Waals surface area contributed by atoms with Gasteiger partial charge in [-0.1, -0.05) is 43.2 Å². The number of aromatic nitrogens is 4. The quantitative estimate of drug-likeness (QED) is 0.751. The topological polar surface area (TPSA) is 83.6 Å². The molecule has 1 aliphatic carbocycles. The Hall–Kier alpha value is -2.76. The van der Waals surface area contributed by atoms with Crippen LogP contribution < -0.4 is 5.32 Å². The van der Waals surface area contributed by atoms with Crippen LogP contribution in [0.5, 0.6) is 0 Å². The molecule has 1 amide bonds. The Balaban J connectivity index is 1.50. The normalized spacial score (nSPS) is 16.2. The number of rotatable bonds is 5. The number of pyridine rings is 1. The van der Waals surface area contributed by atoms with Crippen LogP contribution in [0.2, 0.25) is 0 Å². The molecule has 2 aromatic heterocycles. The van der Waals surface area contributed by atoms with Crippen molar-refractivity contribution in [3.63, 3.8) is 0 Å². The molecule has 1 saturated carbocycles. The predicted molar refractivity (Wildman–Crippen MR) is 95.1 cm³/mol. The largest absolute Gasteiger partial charge is 0.351 e. The summed E-state index contributed by atoms with van der Waals surface area (Å²) < 4.78 is 0. The molecule has 1 fully saturated rings. The van der Waals surface area contributed by atoms with Crippen molar-refractivity contribution in [3.05, 3.63) is 53.7 Å². The van der Waals surface area contributed by atoms with Gasteiger partial charge in [-0.05, 0) is 36.3 Å². The van der Waals surface area contributed by atoms with Crippen molar-refractivity contribution >= 4 is 17.1 Å². The van der Waals surface area contributed by atoms with Crippen LogP contribution in [0.1, 0.15) is 41.6 Å². The first kappa shape index (κ1) is 15.7. The van der Waals surface area contributed by atoms with Crippen LogP contribution in [-0.2, 0) is 6.42 Å². The van der Waals surface area contributed by atoms with Gasteiger partial charge in [-0.15, -0.1) is 5.10 Å². The van der Waals surface area contributed by atoms with Crippen LogP contribution in [0.3, 0.4) is 0 Å². The van der Waals surface area contributed by atoms with E-state index >= 15 is 0 Å². The minimum Gasteiger partial charge on any atom is -0.351 e. The number of aromatic amines is 1. The number of benzene rings is 1. The number of carbonyl (C=O) groups is 1. The highest BCUT2D eigenvalue weighted by atomic mass is 16.1. The summed E-state index contributed by atoms with van der Waals surface area (Å²) in [4.78, 5) is 16.8. The van der Waals surface area contributed by atoms with Crippen LogP contribution in [0.25, 0.3) is 11.2 Å². The summed E-state index contributed by atoms with van der Waals surface area (Å²) in [6.07, 6.45) is 7.35. The monoisotopic (exact) mass is 335 g/mol. The smallest absolute Gasteiger partial charge is 0.253 e. The molecule has 2 N–H and O–H groups in total. The molecule has 0 unspecified atom stereocenters. The zero-order valence-electron chi connectivity index (χ0n) is 14.0. The average molecular weight is 335 g/mol. The van der Waals surface area contributed by atoms with E-state index in [0.717, 1.165) is 19.3 Å². The highest BCUT2D eigenvalue weighted by Gasteiger charge is 2.34. The Morgan fingerprint density at radius 3 is 2.72 bits per heavy atom. The number of H-pyrrole nitrogens is 1. The molecule has 128 valence electrons. The second kappa shape index (κ2) is 6.63. The molecule has 2 heterocycles. The number of carbonyl (C=O) groups excluding carboxylic acids is 1. The molecule has 25 heavy (non-hydrogen) atoms. The van der Waals surface area contributed by atoms with E-state index in [1.807, 2.05) is 6.07 Å². The highest BCUT2D eigenvalue weighted by Crippen LogP contribution is 2.40. The van der Waals surface area contributed by atoms with Crippen LogP contribution in [0, 0.1) is 5.41 Å². The second-order valence-electron chi connectivity index (χ2n) is 6.91. The van der Waals surface area contributed by atoms with Gasteiger partial charge in [0, 0.05) is 12.7 Å². The van der Waals surface area contributed by atoms with E-state index < -0.39 is 0 Å². The molecular formula is C19H21N5O. The molecule has 1 aromatic carbocycles. The lowest BCUT2D eigenvalue weighted by atomic mass is 9.80. The van der Waals surface area contributed by atoms with E-state index in [1.54, 1.807) is 12.3 Å². The summed E-state index contributed by atoms with van der Waals surface area (Å²) in [7, 11) is 0. The lowest BCUT2D eigenvalue weighted by Gasteiger charge is -2.29. The minimum atomic E-state index is -0.111. The standard InChI is InChI=1S/C19H21N5O/c25-18(15-8-11-20-17-16(15)22-24-23-17)21-13-19(9-4-5-10-19)12-14-6-2-1-3-7-14/h1-3,6-8,11H,4-5,9-10,12-13H2,(H,21,25)(H,20,22,23,24). The summed E-state index contributed by atoms with van der Waals surface area (Å²) in [5.74, 6) is -0.111. The maximum Gasteiger partial charge on any atom is 0.253 e. The van der Waals surface area contributed by atoms with Crippen LogP contribution >= 0.6 is 0 Å². The third kappa shape index (κ3) is 3.24. The molecule has 0 spiro atoms. The molecular weight excluding hydrogens is 314 g/mol. The van der Waals surface area contributed by atoms with Crippen LogP contribution in [0.4, 0.5) is 0 Å². The van der Waals surface area contributed by atoms with Gasteiger partial charge in [0.05, 0.1) is 5.56 Å². The van der Waals surface area contributed by atoms with Crippen molar-refractivity contribution in [2.24, 2.45) is 5.41 Å². The fourth-order valence-electron chi connectivity index (χ4n) is 3.87. The van der Waals surface area contributed by atoms with Crippen molar-refractivity contribution in [2.75, 3.05) is 6.54 Å². The maximum absolute atomic E-state index is 12.7. The number of nitrogens with zero attached hydrogens (tertiary/aromatic N) is 3. The van der Waals surface area contributed by atoms with Gasteiger partial charge in [-0.25, -0.2) is 4.98 Å². The van der Waals surface area contributed by atoms with Gasteiger partial charge in [0.25, 0.3) is 5.91 Å². The van der Waals surface area contributed by atoms with Crippen molar-refractivity contribution in [3.8, 4) is 0 Å². The molecule has 0 radical (unpaired) electrons. The fraction of sp³-hybridized carbons (Fsp3) is 0.368. The number of amides is 1. The van der Waals surface area contributed by atoms with Crippen molar-refractivity contribution < 1.29 is 4.79 Å². The van der Waals surface area contributed by atoms with Crippen molar-refractivity contribution in [1.82, 2.24) is 25.7 Å². The fourth-order valence-corrected chi connectivity index (χ4v) is 3.87. The maximum atomic E-state index is 12.7. The first-order chi connectivity index (χ1) is 12.3. The average Bonchev–Trinajstić information content (AvgIpc) is 3.30. The zero-order valence-corrected chi connectivity index (χ0v) is 14.0. The molecule has 0 aliphatic heterocycles. The molecule has 6 heteroatoms. The van der Waals surface area contributed by atoms with Gasteiger partial charge in [-0.3, -0.25) is 4.79 Å². The summed E-state index contributed by atoms with van der Waals surface area (Å²) >= 11 is 0. The van der Waals surface area contributed by atoms with Crippen LogP contribution in [-0.4, -0.2) is 32.8 Å². The molecule has 6 nitrogen and oxygen atoms in total. The molecule has 0 bridgehead atoms. The minimum absolute atomic E-state index is 0.111. The van der Waals surface area contributed by atoms with Gasteiger partial charge >= 0.3 is 0 Å². The number of fused-ring (bicyclic) bond motifs is 1. The van der Waals surface area contributed by atoms with E-state index in [0.29, 0.717) is 23.3 Å². The third-order valence-corrected chi connectivity index (χ3v) is 5.18. The number of hydrogen-bond donors (Lipinski definition) is 2. The lowest BCUT2D eigenvalue weighted by Crippen LogP contribution is -2.37.